The van der Waals surface area contributed by atoms with E-state index >= 15 is 0 Å². The summed E-state index contributed by atoms with van der Waals surface area (Å²) in [5, 5.41) is 0. The van der Waals surface area contributed by atoms with E-state index < -0.39 is 5.92 Å². The van der Waals surface area contributed by atoms with Crippen LogP contribution in [-0.4, -0.2) is 19.1 Å². The predicted octanol–water partition coefficient (Wildman–Crippen LogP) is 3.01. The number of halogens is 2. The van der Waals surface area contributed by atoms with Gasteiger partial charge in [0.1, 0.15) is 0 Å². The average molecular weight is 190 g/mol. The minimum atomic E-state index is -2.66. The highest BCUT2D eigenvalue weighted by molar-refractivity contribution is 5.04. The molecule has 1 unspecified atom stereocenters. The van der Waals surface area contributed by atoms with Crippen molar-refractivity contribution in [2.45, 2.75) is 32.6 Å². The Hall–Kier alpha value is -0.440. The summed E-state index contributed by atoms with van der Waals surface area (Å²) in [6, 6.07) is 0. The fourth-order valence-corrected chi connectivity index (χ4v) is 1.26. The molecule has 1 fully saturated rings. The summed E-state index contributed by atoms with van der Waals surface area (Å²) in [7, 11) is 0. The smallest absolute Gasteiger partial charge is 0.266 e. The van der Waals surface area contributed by atoms with Gasteiger partial charge < -0.3 is 4.74 Å². The van der Waals surface area contributed by atoms with E-state index in [-0.39, 0.29) is 11.8 Å². The summed E-state index contributed by atoms with van der Waals surface area (Å²) < 4.78 is 30.9. The molecule has 0 amide bonds. The molecule has 76 valence electrons. The monoisotopic (exact) mass is 190 g/mol. The summed E-state index contributed by atoms with van der Waals surface area (Å²) in [5.74, 6) is -2.66. The summed E-state index contributed by atoms with van der Waals surface area (Å²) in [5.41, 5.74) is -0.182. The Balaban J connectivity index is 2.56. The average Bonchev–Trinajstić information content (AvgIpc) is 2.50. The second kappa shape index (κ2) is 3.74. The summed E-state index contributed by atoms with van der Waals surface area (Å²) in [4.78, 5) is 0. The first-order valence-corrected chi connectivity index (χ1v) is 4.63. The van der Waals surface area contributed by atoms with E-state index in [4.69, 9.17) is 4.74 Å². The molecule has 0 bridgehead atoms. The molecule has 1 rings (SSSR count). The van der Waals surface area contributed by atoms with Crippen molar-refractivity contribution < 1.29 is 13.5 Å². The van der Waals surface area contributed by atoms with E-state index in [0.29, 0.717) is 13.2 Å². The first kappa shape index (κ1) is 10.6. The molecule has 0 aromatic heterocycles. The molecule has 1 heterocycles. The molecule has 0 spiro atoms. The van der Waals surface area contributed by atoms with Gasteiger partial charge in [0.2, 0.25) is 0 Å². The van der Waals surface area contributed by atoms with E-state index in [2.05, 4.69) is 0 Å². The predicted molar refractivity (Wildman–Crippen MR) is 47.9 cm³/mol. The summed E-state index contributed by atoms with van der Waals surface area (Å²) >= 11 is 0. The Morgan fingerprint density at radius 3 is 2.69 bits per heavy atom. The van der Waals surface area contributed by atoms with Crippen LogP contribution in [0.25, 0.3) is 0 Å². The van der Waals surface area contributed by atoms with Crippen molar-refractivity contribution in [2.24, 2.45) is 5.41 Å². The van der Waals surface area contributed by atoms with Gasteiger partial charge in [-0.15, -0.1) is 0 Å². The first-order chi connectivity index (χ1) is 5.97. The molecule has 1 atom stereocenters. The fraction of sp³-hybridized carbons (Fsp3) is 0.800. The molecular weight excluding hydrogens is 174 g/mol. The Labute approximate surface area is 77.8 Å². The number of ether oxygens (including phenoxy) is 1. The topological polar surface area (TPSA) is 9.23 Å². The van der Waals surface area contributed by atoms with Crippen molar-refractivity contribution in [3.05, 3.63) is 12.2 Å². The molecule has 0 aliphatic carbocycles. The Morgan fingerprint density at radius 1 is 1.54 bits per heavy atom. The maximum Gasteiger partial charge on any atom is 0.266 e. The first-order valence-electron chi connectivity index (χ1n) is 4.63. The standard InChI is InChI=1S/C10H16F2O/c1-3-10(11,12)5-4-9(2)6-7-13-8-9/h4-5H,3,6-8H2,1-2H3/b5-4+. The van der Waals surface area contributed by atoms with Crippen LogP contribution < -0.4 is 0 Å². The second-order valence-corrected chi connectivity index (χ2v) is 3.90. The zero-order valence-corrected chi connectivity index (χ0v) is 8.15. The zero-order valence-electron chi connectivity index (χ0n) is 8.15. The minimum Gasteiger partial charge on any atom is -0.381 e. The minimum absolute atomic E-state index is 0.138. The largest absolute Gasteiger partial charge is 0.381 e. The maximum atomic E-state index is 12.8. The fourth-order valence-electron chi connectivity index (χ4n) is 1.26. The van der Waals surface area contributed by atoms with E-state index in [0.717, 1.165) is 12.5 Å². The summed E-state index contributed by atoms with van der Waals surface area (Å²) in [6.07, 6.45) is 3.31. The van der Waals surface area contributed by atoms with Crippen LogP contribution in [0.15, 0.2) is 12.2 Å². The van der Waals surface area contributed by atoms with E-state index in [9.17, 15) is 8.78 Å². The van der Waals surface area contributed by atoms with Crippen LogP contribution in [0.3, 0.4) is 0 Å². The second-order valence-electron chi connectivity index (χ2n) is 3.90. The van der Waals surface area contributed by atoms with E-state index in [1.54, 1.807) is 6.08 Å². The van der Waals surface area contributed by atoms with Crippen molar-refractivity contribution >= 4 is 0 Å². The quantitative estimate of drug-likeness (QED) is 0.621. The molecule has 0 radical (unpaired) electrons. The number of hydrogen-bond acceptors (Lipinski definition) is 1. The van der Waals surface area contributed by atoms with Gasteiger partial charge in [-0.05, 0) is 12.5 Å². The van der Waals surface area contributed by atoms with Crippen LogP contribution in [0, 0.1) is 5.41 Å². The van der Waals surface area contributed by atoms with E-state index in [1.807, 2.05) is 6.92 Å². The van der Waals surface area contributed by atoms with Crippen LogP contribution in [0.4, 0.5) is 8.78 Å². The molecule has 0 N–H and O–H groups in total. The van der Waals surface area contributed by atoms with Gasteiger partial charge >= 0.3 is 0 Å². The van der Waals surface area contributed by atoms with Gasteiger partial charge in [-0.1, -0.05) is 19.9 Å². The van der Waals surface area contributed by atoms with Crippen LogP contribution in [-0.2, 0) is 4.74 Å². The van der Waals surface area contributed by atoms with Crippen LogP contribution in [0.2, 0.25) is 0 Å². The van der Waals surface area contributed by atoms with Crippen molar-refractivity contribution in [1.82, 2.24) is 0 Å². The lowest BCUT2D eigenvalue weighted by Crippen LogP contribution is -2.16. The molecule has 0 aromatic carbocycles. The Kier molecular flexibility index (Phi) is 3.06. The number of hydrogen-bond donors (Lipinski definition) is 0. The molecular formula is C10H16F2O. The molecule has 1 nitrogen and oxygen atoms in total. The Morgan fingerprint density at radius 2 is 2.23 bits per heavy atom. The van der Waals surface area contributed by atoms with E-state index in [1.165, 1.54) is 6.92 Å². The van der Waals surface area contributed by atoms with Crippen LogP contribution in [0.5, 0.6) is 0 Å². The zero-order chi connectivity index (χ0) is 9.95. The van der Waals surface area contributed by atoms with Gasteiger partial charge in [0.15, 0.2) is 0 Å². The number of allylic oxidation sites excluding steroid dienone is 1. The van der Waals surface area contributed by atoms with Gasteiger partial charge in [0.05, 0.1) is 6.61 Å². The van der Waals surface area contributed by atoms with Gasteiger partial charge in [0, 0.05) is 18.4 Å². The van der Waals surface area contributed by atoms with Gasteiger partial charge in [0.25, 0.3) is 5.92 Å². The maximum absolute atomic E-state index is 12.8. The molecule has 0 aromatic rings. The Bertz CT molecular complexity index is 193. The lowest BCUT2D eigenvalue weighted by atomic mass is 9.89. The van der Waals surface area contributed by atoms with Crippen molar-refractivity contribution in [1.29, 1.82) is 0 Å². The third kappa shape index (κ3) is 3.07. The molecule has 0 saturated carbocycles. The highest BCUT2D eigenvalue weighted by Gasteiger charge is 2.29. The third-order valence-corrected chi connectivity index (χ3v) is 2.45. The van der Waals surface area contributed by atoms with Crippen molar-refractivity contribution in [3.63, 3.8) is 0 Å². The van der Waals surface area contributed by atoms with Gasteiger partial charge in [-0.2, -0.15) is 0 Å². The lowest BCUT2D eigenvalue weighted by Gasteiger charge is -2.17. The van der Waals surface area contributed by atoms with Gasteiger partial charge in [-0.25, -0.2) is 8.78 Å². The van der Waals surface area contributed by atoms with Crippen LogP contribution >= 0.6 is 0 Å². The third-order valence-electron chi connectivity index (χ3n) is 2.45. The molecule has 1 aliphatic rings. The van der Waals surface area contributed by atoms with Crippen molar-refractivity contribution in [3.8, 4) is 0 Å². The van der Waals surface area contributed by atoms with Crippen molar-refractivity contribution in [2.75, 3.05) is 13.2 Å². The SMILES string of the molecule is CCC(F)(F)/C=C/C1(C)CCOC1. The number of alkyl halides is 2. The normalized spacial score (nSPS) is 30.2. The summed E-state index contributed by atoms with van der Waals surface area (Å²) in [6.45, 7) is 4.67. The highest BCUT2D eigenvalue weighted by atomic mass is 19.3. The molecule has 1 aliphatic heterocycles. The molecule has 1 saturated heterocycles. The highest BCUT2D eigenvalue weighted by Crippen LogP contribution is 2.31. The van der Waals surface area contributed by atoms with Gasteiger partial charge in [-0.3, -0.25) is 0 Å². The molecule has 13 heavy (non-hydrogen) atoms. The number of rotatable bonds is 3. The molecule has 3 heteroatoms. The van der Waals surface area contributed by atoms with Crippen LogP contribution in [0.1, 0.15) is 26.7 Å². The lowest BCUT2D eigenvalue weighted by molar-refractivity contribution is 0.0497.